The fourth-order valence-corrected chi connectivity index (χ4v) is 3.40. The highest BCUT2D eigenvalue weighted by Gasteiger charge is 2.41. The Balaban J connectivity index is 2.06. The summed E-state index contributed by atoms with van der Waals surface area (Å²) >= 11 is 0. The van der Waals surface area contributed by atoms with Crippen LogP contribution in [-0.2, 0) is 4.74 Å². The summed E-state index contributed by atoms with van der Waals surface area (Å²) in [6.45, 7) is 2.55. The van der Waals surface area contributed by atoms with Crippen LogP contribution in [0, 0.1) is 0 Å². The highest BCUT2D eigenvalue weighted by molar-refractivity contribution is 6.11. The number of rotatable bonds is 4. The van der Waals surface area contributed by atoms with Crippen molar-refractivity contribution in [3.05, 3.63) is 42.2 Å². The van der Waals surface area contributed by atoms with Crippen LogP contribution < -0.4 is 0 Å². The molecule has 0 N–H and O–H groups in total. The van der Waals surface area contributed by atoms with Gasteiger partial charge < -0.3 is 4.74 Å². The molecule has 1 aromatic heterocycles. The SMILES string of the molecule is CCOC1(C(=O)c2cccc3cnccc23)CCCCC1. The number of pyridine rings is 1. The first-order chi connectivity index (χ1) is 10.3. The number of carbonyl (C=O) groups is 1. The van der Waals surface area contributed by atoms with E-state index in [-0.39, 0.29) is 5.78 Å². The molecule has 0 atom stereocenters. The number of benzene rings is 1. The average molecular weight is 283 g/mol. The molecule has 110 valence electrons. The van der Waals surface area contributed by atoms with Gasteiger partial charge in [-0.15, -0.1) is 0 Å². The Labute approximate surface area is 125 Å². The van der Waals surface area contributed by atoms with Crippen molar-refractivity contribution in [2.24, 2.45) is 0 Å². The number of aromatic nitrogens is 1. The summed E-state index contributed by atoms with van der Waals surface area (Å²) in [7, 11) is 0. The molecular formula is C18H21NO2. The number of carbonyl (C=O) groups excluding carboxylic acids is 1. The lowest BCUT2D eigenvalue weighted by Gasteiger charge is -2.35. The summed E-state index contributed by atoms with van der Waals surface area (Å²) in [5, 5.41) is 1.98. The van der Waals surface area contributed by atoms with Crippen LogP contribution in [0.2, 0.25) is 0 Å². The normalized spacial score (nSPS) is 17.8. The topological polar surface area (TPSA) is 39.2 Å². The second-order valence-electron chi connectivity index (χ2n) is 5.72. The third-order valence-corrected chi connectivity index (χ3v) is 4.42. The molecule has 0 aliphatic heterocycles. The van der Waals surface area contributed by atoms with Crippen LogP contribution in [-0.4, -0.2) is 23.0 Å². The summed E-state index contributed by atoms with van der Waals surface area (Å²) < 4.78 is 5.97. The Hall–Kier alpha value is -1.74. The lowest BCUT2D eigenvalue weighted by molar-refractivity contribution is -0.0409. The van der Waals surface area contributed by atoms with Crippen LogP contribution in [0.4, 0.5) is 0 Å². The number of ether oxygens (including phenoxy) is 1. The van der Waals surface area contributed by atoms with Gasteiger partial charge in [0.2, 0.25) is 0 Å². The minimum Gasteiger partial charge on any atom is -0.367 e. The molecule has 2 aromatic rings. The number of fused-ring (bicyclic) bond motifs is 1. The van der Waals surface area contributed by atoms with Gasteiger partial charge in [-0.05, 0) is 31.2 Å². The van der Waals surface area contributed by atoms with E-state index in [1.807, 2.05) is 31.2 Å². The maximum Gasteiger partial charge on any atom is 0.195 e. The standard InChI is InChI=1S/C18H21NO2/c1-2-21-18(10-4-3-5-11-18)17(20)16-8-6-7-14-13-19-12-9-15(14)16/h6-9,12-13H,2-5,10-11H2,1H3. The van der Waals surface area contributed by atoms with Gasteiger partial charge in [-0.3, -0.25) is 9.78 Å². The van der Waals surface area contributed by atoms with Crippen molar-refractivity contribution in [3.63, 3.8) is 0 Å². The summed E-state index contributed by atoms with van der Waals surface area (Å²) in [6, 6.07) is 7.76. The van der Waals surface area contributed by atoms with Crippen LogP contribution in [0.5, 0.6) is 0 Å². The molecule has 0 amide bonds. The molecule has 3 nitrogen and oxygen atoms in total. The zero-order valence-electron chi connectivity index (χ0n) is 12.5. The van der Waals surface area contributed by atoms with Gasteiger partial charge in [0.05, 0.1) is 0 Å². The zero-order chi connectivity index (χ0) is 14.7. The fraction of sp³-hybridized carbons (Fsp3) is 0.444. The van der Waals surface area contributed by atoms with Crippen LogP contribution in [0.1, 0.15) is 49.4 Å². The summed E-state index contributed by atoms with van der Waals surface area (Å²) in [5.41, 5.74) is 0.148. The molecule has 1 aliphatic carbocycles. The van der Waals surface area contributed by atoms with E-state index in [1.54, 1.807) is 12.4 Å². The molecule has 21 heavy (non-hydrogen) atoms. The first-order valence-corrected chi connectivity index (χ1v) is 7.78. The Morgan fingerprint density at radius 2 is 2.05 bits per heavy atom. The van der Waals surface area contributed by atoms with Gasteiger partial charge in [0.15, 0.2) is 5.78 Å². The van der Waals surface area contributed by atoms with Crippen LogP contribution in [0.3, 0.4) is 0 Å². The Kier molecular flexibility index (Phi) is 4.02. The monoisotopic (exact) mass is 283 g/mol. The van der Waals surface area contributed by atoms with Crippen molar-refractivity contribution in [1.82, 2.24) is 4.98 Å². The highest BCUT2D eigenvalue weighted by atomic mass is 16.5. The van der Waals surface area contributed by atoms with E-state index in [4.69, 9.17) is 4.74 Å². The zero-order valence-corrected chi connectivity index (χ0v) is 12.5. The van der Waals surface area contributed by atoms with Gasteiger partial charge in [0.1, 0.15) is 5.60 Å². The lowest BCUT2D eigenvalue weighted by Crippen LogP contribution is -2.43. The van der Waals surface area contributed by atoms with E-state index >= 15 is 0 Å². The molecule has 0 unspecified atom stereocenters. The van der Waals surface area contributed by atoms with E-state index in [0.717, 1.165) is 42.0 Å². The maximum absolute atomic E-state index is 13.2. The molecule has 1 heterocycles. The largest absolute Gasteiger partial charge is 0.367 e. The van der Waals surface area contributed by atoms with E-state index in [0.29, 0.717) is 6.61 Å². The number of ketones is 1. The van der Waals surface area contributed by atoms with E-state index in [2.05, 4.69) is 4.98 Å². The number of hydrogen-bond acceptors (Lipinski definition) is 3. The first kappa shape index (κ1) is 14.2. The second-order valence-corrected chi connectivity index (χ2v) is 5.72. The Morgan fingerprint density at radius 3 is 2.81 bits per heavy atom. The molecule has 0 spiro atoms. The molecular weight excluding hydrogens is 262 g/mol. The lowest BCUT2D eigenvalue weighted by atomic mass is 9.78. The van der Waals surface area contributed by atoms with Gasteiger partial charge in [0.25, 0.3) is 0 Å². The van der Waals surface area contributed by atoms with Crippen LogP contribution in [0.15, 0.2) is 36.7 Å². The minimum atomic E-state index is -0.620. The molecule has 3 rings (SSSR count). The predicted molar refractivity (Wildman–Crippen MR) is 83.5 cm³/mol. The minimum absolute atomic E-state index is 0.140. The maximum atomic E-state index is 13.2. The van der Waals surface area contributed by atoms with Crippen LogP contribution >= 0.6 is 0 Å². The molecule has 0 saturated heterocycles. The van der Waals surface area contributed by atoms with E-state index < -0.39 is 5.60 Å². The van der Waals surface area contributed by atoms with Crippen molar-refractivity contribution in [2.45, 2.75) is 44.6 Å². The number of Topliss-reactive ketones (excluding diaryl/α,β-unsaturated/α-hetero) is 1. The molecule has 1 aromatic carbocycles. The Morgan fingerprint density at radius 1 is 1.24 bits per heavy atom. The fourth-order valence-electron chi connectivity index (χ4n) is 3.40. The van der Waals surface area contributed by atoms with Gasteiger partial charge >= 0.3 is 0 Å². The molecule has 1 fully saturated rings. The summed E-state index contributed by atoms with van der Waals surface area (Å²) in [4.78, 5) is 17.3. The second kappa shape index (κ2) is 5.94. The smallest absolute Gasteiger partial charge is 0.195 e. The van der Waals surface area contributed by atoms with Gasteiger partial charge in [-0.25, -0.2) is 0 Å². The quantitative estimate of drug-likeness (QED) is 0.791. The van der Waals surface area contributed by atoms with Crippen LogP contribution in [0.25, 0.3) is 10.8 Å². The molecule has 3 heteroatoms. The van der Waals surface area contributed by atoms with Crippen molar-refractivity contribution < 1.29 is 9.53 Å². The van der Waals surface area contributed by atoms with Crippen molar-refractivity contribution in [3.8, 4) is 0 Å². The summed E-state index contributed by atoms with van der Waals surface area (Å²) in [5.74, 6) is 0.140. The number of hydrogen-bond donors (Lipinski definition) is 0. The molecule has 1 saturated carbocycles. The van der Waals surface area contributed by atoms with Crippen molar-refractivity contribution in [2.75, 3.05) is 6.61 Å². The van der Waals surface area contributed by atoms with Gasteiger partial charge in [0, 0.05) is 30.0 Å². The van der Waals surface area contributed by atoms with Gasteiger partial charge in [-0.2, -0.15) is 0 Å². The third-order valence-electron chi connectivity index (χ3n) is 4.42. The number of nitrogens with zero attached hydrogens (tertiary/aromatic N) is 1. The van der Waals surface area contributed by atoms with Gasteiger partial charge in [-0.1, -0.05) is 37.5 Å². The highest BCUT2D eigenvalue weighted by Crippen LogP contribution is 2.36. The predicted octanol–water partition coefficient (Wildman–Crippen LogP) is 4.16. The van der Waals surface area contributed by atoms with Crippen molar-refractivity contribution >= 4 is 16.6 Å². The first-order valence-electron chi connectivity index (χ1n) is 7.78. The van der Waals surface area contributed by atoms with E-state index in [1.165, 1.54) is 6.42 Å². The average Bonchev–Trinajstić information content (AvgIpc) is 2.55. The third kappa shape index (κ3) is 2.58. The molecule has 1 aliphatic rings. The van der Waals surface area contributed by atoms with Crippen molar-refractivity contribution in [1.29, 1.82) is 0 Å². The molecule has 0 bridgehead atoms. The summed E-state index contributed by atoms with van der Waals surface area (Å²) in [6.07, 6.45) is 8.55. The Bertz CT molecular complexity index is 634. The molecule has 0 radical (unpaired) electrons. The van der Waals surface area contributed by atoms with E-state index in [9.17, 15) is 4.79 Å².